The highest BCUT2D eigenvalue weighted by Crippen LogP contribution is 2.25. The fourth-order valence-corrected chi connectivity index (χ4v) is 2.20. The molecule has 1 saturated heterocycles. The predicted molar refractivity (Wildman–Crippen MR) is 58.6 cm³/mol. The molecule has 2 rings (SSSR count). The molecule has 88 valence electrons. The second-order valence-electron chi connectivity index (χ2n) is 4.06. The van der Waals surface area contributed by atoms with Crippen molar-refractivity contribution in [1.82, 2.24) is 0 Å². The third-order valence-corrected chi connectivity index (χ3v) is 3.47. The summed E-state index contributed by atoms with van der Waals surface area (Å²) >= 11 is 6.13. The first-order valence-corrected chi connectivity index (χ1v) is 5.77. The minimum atomic E-state index is -0.805. The van der Waals surface area contributed by atoms with Gasteiger partial charge in [-0.1, -0.05) is 12.1 Å². The Bertz CT molecular complexity index is 370. The van der Waals surface area contributed by atoms with Crippen molar-refractivity contribution in [2.75, 3.05) is 13.2 Å². The van der Waals surface area contributed by atoms with E-state index in [1.54, 1.807) is 6.07 Å². The molecule has 1 fully saturated rings. The van der Waals surface area contributed by atoms with Crippen LogP contribution in [0.3, 0.4) is 0 Å². The molecule has 1 aliphatic rings. The van der Waals surface area contributed by atoms with Gasteiger partial charge in [0, 0.05) is 17.9 Å². The third kappa shape index (κ3) is 2.53. The van der Waals surface area contributed by atoms with Gasteiger partial charge in [-0.2, -0.15) is 0 Å². The van der Waals surface area contributed by atoms with Crippen molar-refractivity contribution in [2.45, 2.75) is 18.2 Å². The maximum Gasteiger partial charge on any atom is 0.162 e. The van der Waals surface area contributed by atoms with E-state index < -0.39 is 11.6 Å². The summed E-state index contributed by atoms with van der Waals surface area (Å²) in [5.41, 5.74) is 0.376. The summed E-state index contributed by atoms with van der Waals surface area (Å²) < 4.78 is 31.7. The molecule has 1 nitrogen and oxygen atoms in total. The summed E-state index contributed by atoms with van der Waals surface area (Å²) in [6.45, 7) is 1.17. The summed E-state index contributed by atoms with van der Waals surface area (Å²) in [7, 11) is 0. The van der Waals surface area contributed by atoms with E-state index in [0.29, 0.717) is 25.2 Å². The first kappa shape index (κ1) is 11.8. The lowest BCUT2D eigenvalue weighted by Gasteiger charge is -2.27. The zero-order valence-corrected chi connectivity index (χ0v) is 9.51. The Morgan fingerprint density at radius 2 is 2.19 bits per heavy atom. The van der Waals surface area contributed by atoms with Crippen LogP contribution in [0.4, 0.5) is 8.78 Å². The molecule has 0 amide bonds. The van der Waals surface area contributed by atoms with E-state index >= 15 is 0 Å². The Hall–Kier alpha value is -0.670. The summed E-state index contributed by atoms with van der Waals surface area (Å²) in [4.78, 5) is 0. The van der Waals surface area contributed by atoms with E-state index in [1.165, 1.54) is 6.07 Å². The Kier molecular flexibility index (Phi) is 3.77. The van der Waals surface area contributed by atoms with Gasteiger partial charge < -0.3 is 4.74 Å². The van der Waals surface area contributed by atoms with Crippen molar-refractivity contribution in [2.24, 2.45) is 5.92 Å². The normalized spacial score (nSPS) is 25.7. The molecule has 0 aliphatic carbocycles. The highest BCUT2D eigenvalue weighted by molar-refractivity contribution is 6.20. The van der Waals surface area contributed by atoms with Crippen LogP contribution in [0.1, 0.15) is 12.0 Å². The van der Waals surface area contributed by atoms with Crippen LogP contribution < -0.4 is 0 Å². The highest BCUT2D eigenvalue weighted by Gasteiger charge is 2.25. The summed E-state index contributed by atoms with van der Waals surface area (Å²) in [6.07, 6.45) is 1.20. The lowest BCUT2D eigenvalue weighted by Crippen LogP contribution is -2.30. The lowest BCUT2D eigenvalue weighted by atomic mass is 9.93. The predicted octanol–water partition coefficient (Wildman–Crippen LogP) is 3.15. The second kappa shape index (κ2) is 5.11. The zero-order valence-electron chi connectivity index (χ0n) is 8.76. The molecule has 1 aromatic carbocycles. The SMILES string of the molecule is Fc1cccc(CC2COCCC2Cl)c1F. The number of rotatable bonds is 2. The van der Waals surface area contributed by atoms with Crippen LogP contribution in [0.2, 0.25) is 0 Å². The fraction of sp³-hybridized carbons (Fsp3) is 0.500. The topological polar surface area (TPSA) is 9.23 Å². The van der Waals surface area contributed by atoms with Gasteiger partial charge >= 0.3 is 0 Å². The van der Waals surface area contributed by atoms with Gasteiger partial charge in [0.15, 0.2) is 11.6 Å². The van der Waals surface area contributed by atoms with Crippen LogP contribution in [0, 0.1) is 17.6 Å². The van der Waals surface area contributed by atoms with Crippen LogP contribution in [-0.2, 0) is 11.2 Å². The average molecular weight is 247 g/mol. The van der Waals surface area contributed by atoms with Crippen molar-refractivity contribution in [3.05, 3.63) is 35.4 Å². The van der Waals surface area contributed by atoms with Crippen molar-refractivity contribution in [3.8, 4) is 0 Å². The van der Waals surface area contributed by atoms with Gasteiger partial charge in [0.2, 0.25) is 0 Å². The quantitative estimate of drug-likeness (QED) is 0.729. The van der Waals surface area contributed by atoms with Gasteiger partial charge in [0.1, 0.15) is 0 Å². The van der Waals surface area contributed by atoms with Crippen molar-refractivity contribution < 1.29 is 13.5 Å². The Morgan fingerprint density at radius 3 is 2.94 bits per heavy atom. The third-order valence-electron chi connectivity index (χ3n) is 2.90. The van der Waals surface area contributed by atoms with Crippen LogP contribution in [-0.4, -0.2) is 18.6 Å². The van der Waals surface area contributed by atoms with E-state index in [2.05, 4.69) is 0 Å². The van der Waals surface area contributed by atoms with Gasteiger partial charge in [-0.25, -0.2) is 8.78 Å². The molecular weight excluding hydrogens is 234 g/mol. The number of ether oxygens (including phenoxy) is 1. The van der Waals surface area contributed by atoms with E-state index in [9.17, 15) is 8.78 Å². The van der Waals surface area contributed by atoms with E-state index in [-0.39, 0.29) is 11.3 Å². The molecule has 0 radical (unpaired) electrons. The summed E-state index contributed by atoms with van der Waals surface area (Å²) in [5.74, 6) is -1.51. The molecule has 0 spiro atoms. The molecule has 1 heterocycles. The monoisotopic (exact) mass is 246 g/mol. The molecule has 1 aliphatic heterocycles. The molecule has 2 unspecified atom stereocenters. The molecule has 1 aromatic rings. The van der Waals surface area contributed by atoms with Gasteiger partial charge in [-0.15, -0.1) is 11.6 Å². The standard InChI is InChI=1S/C12H13ClF2O/c13-10-4-5-16-7-9(10)6-8-2-1-3-11(14)12(8)15/h1-3,9-10H,4-7H2. The molecule has 16 heavy (non-hydrogen) atoms. The lowest BCUT2D eigenvalue weighted by molar-refractivity contribution is 0.0574. The minimum absolute atomic E-state index is 0.0172. The van der Waals surface area contributed by atoms with Gasteiger partial charge in [-0.05, 0) is 24.5 Å². The van der Waals surface area contributed by atoms with Crippen molar-refractivity contribution >= 4 is 11.6 Å². The van der Waals surface area contributed by atoms with Gasteiger partial charge in [0.25, 0.3) is 0 Å². The molecule has 0 bridgehead atoms. The van der Waals surface area contributed by atoms with Crippen LogP contribution in [0.15, 0.2) is 18.2 Å². The van der Waals surface area contributed by atoms with Gasteiger partial charge in [-0.3, -0.25) is 0 Å². The van der Waals surface area contributed by atoms with Crippen molar-refractivity contribution in [1.29, 1.82) is 0 Å². The maximum absolute atomic E-state index is 13.4. The molecule has 0 saturated carbocycles. The first-order valence-electron chi connectivity index (χ1n) is 5.33. The largest absolute Gasteiger partial charge is 0.381 e. The Labute approximate surface area is 98.4 Å². The zero-order chi connectivity index (χ0) is 11.5. The maximum atomic E-state index is 13.4. The Morgan fingerprint density at radius 1 is 1.38 bits per heavy atom. The second-order valence-corrected chi connectivity index (χ2v) is 4.62. The van der Waals surface area contributed by atoms with Gasteiger partial charge in [0.05, 0.1) is 6.61 Å². The number of benzene rings is 1. The van der Waals surface area contributed by atoms with E-state index in [1.807, 2.05) is 0 Å². The smallest absolute Gasteiger partial charge is 0.162 e. The number of hydrogen-bond acceptors (Lipinski definition) is 1. The highest BCUT2D eigenvalue weighted by atomic mass is 35.5. The molecule has 0 N–H and O–H groups in total. The Balaban J connectivity index is 2.10. The summed E-state index contributed by atoms with van der Waals surface area (Å²) in [5, 5.41) is -0.0172. The van der Waals surface area contributed by atoms with Crippen molar-refractivity contribution in [3.63, 3.8) is 0 Å². The molecular formula is C12H13ClF2O. The molecule has 0 aromatic heterocycles. The summed E-state index contributed by atoms with van der Waals surface area (Å²) in [6, 6.07) is 4.23. The van der Waals surface area contributed by atoms with Crippen LogP contribution in [0.5, 0.6) is 0 Å². The van der Waals surface area contributed by atoms with E-state index in [4.69, 9.17) is 16.3 Å². The van der Waals surface area contributed by atoms with E-state index in [0.717, 1.165) is 12.5 Å². The number of alkyl halides is 1. The minimum Gasteiger partial charge on any atom is -0.381 e. The molecule has 2 atom stereocenters. The fourth-order valence-electron chi connectivity index (χ4n) is 1.95. The molecule has 4 heteroatoms. The first-order chi connectivity index (χ1) is 7.68. The van der Waals surface area contributed by atoms with Crippen LogP contribution in [0.25, 0.3) is 0 Å². The average Bonchev–Trinajstić information content (AvgIpc) is 2.28. The number of halogens is 3. The number of hydrogen-bond donors (Lipinski definition) is 0. The van der Waals surface area contributed by atoms with Crippen LogP contribution >= 0.6 is 11.6 Å².